The fraction of sp³-hybridized carbons (Fsp3) is 0.909. The topological polar surface area (TPSA) is 99.2 Å². The highest BCUT2D eigenvalue weighted by Gasteiger charge is 2.40. The maximum Gasteiger partial charge on any atom is 0.422 e. The lowest BCUT2D eigenvalue weighted by atomic mass is 10.2. The quantitative estimate of drug-likeness (QED) is 0.701. The molecule has 1 amide bonds. The molecular weight excluding hydrogens is 286 g/mol. The third-order valence-electron chi connectivity index (χ3n) is 2.78. The minimum Gasteiger partial charge on any atom is -0.446 e. The van der Waals surface area contributed by atoms with Crippen LogP contribution in [0.3, 0.4) is 0 Å². The van der Waals surface area contributed by atoms with E-state index in [2.05, 4.69) is 0 Å². The Morgan fingerprint density at radius 3 is 2.60 bits per heavy atom. The van der Waals surface area contributed by atoms with E-state index in [0.717, 1.165) is 4.31 Å². The lowest BCUT2D eigenvalue weighted by molar-refractivity contribution is 0.120. The van der Waals surface area contributed by atoms with Crippen LogP contribution in [-0.4, -0.2) is 74.3 Å². The van der Waals surface area contributed by atoms with Crippen LogP contribution in [-0.2, 0) is 14.9 Å². The summed E-state index contributed by atoms with van der Waals surface area (Å²) < 4.78 is 32.0. The number of likely N-dealkylation sites (N-methyl/N-ethyl adjacent to an activating group) is 1. The van der Waals surface area contributed by atoms with Crippen molar-refractivity contribution in [3.63, 3.8) is 0 Å². The van der Waals surface area contributed by atoms with Gasteiger partial charge in [0.1, 0.15) is 0 Å². The van der Waals surface area contributed by atoms with Gasteiger partial charge in [-0.2, -0.15) is 12.7 Å². The summed E-state index contributed by atoms with van der Waals surface area (Å²) in [7, 11) is -0.380. The van der Waals surface area contributed by atoms with E-state index in [9.17, 15) is 18.3 Å². The molecule has 118 valence electrons. The zero-order chi connectivity index (χ0) is 15.5. The van der Waals surface area contributed by atoms with Crippen molar-refractivity contribution in [3.8, 4) is 0 Å². The Bertz CT molecular complexity index is 437. The smallest absolute Gasteiger partial charge is 0.422 e. The fourth-order valence-corrected chi connectivity index (χ4v) is 3.44. The van der Waals surface area contributed by atoms with E-state index in [1.165, 1.54) is 0 Å². The number of aliphatic hydroxyl groups is 1. The number of nitrogens with one attached hydrogen (secondary N) is 1. The second kappa shape index (κ2) is 6.70. The summed E-state index contributed by atoms with van der Waals surface area (Å²) in [5, 5.41) is 9.66. The van der Waals surface area contributed by atoms with E-state index in [1.54, 1.807) is 13.8 Å². The van der Waals surface area contributed by atoms with E-state index in [1.807, 2.05) is 23.7 Å². The molecule has 1 saturated heterocycles. The summed E-state index contributed by atoms with van der Waals surface area (Å²) in [4.78, 5) is 13.3. The van der Waals surface area contributed by atoms with Crippen LogP contribution in [0.25, 0.3) is 0 Å². The van der Waals surface area contributed by atoms with Gasteiger partial charge >= 0.3 is 16.3 Å². The van der Waals surface area contributed by atoms with Crippen molar-refractivity contribution in [1.82, 2.24) is 13.9 Å². The molecule has 1 aliphatic rings. The largest absolute Gasteiger partial charge is 0.446 e. The molecular formula is C11H23N3O5S. The minimum atomic E-state index is -4.01. The van der Waals surface area contributed by atoms with Gasteiger partial charge in [0, 0.05) is 19.1 Å². The van der Waals surface area contributed by atoms with Crippen molar-refractivity contribution in [2.24, 2.45) is 0 Å². The van der Waals surface area contributed by atoms with Crippen molar-refractivity contribution < 1.29 is 23.1 Å². The first kappa shape index (κ1) is 17.2. The number of rotatable bonds is 5. The Hall–Kier alpha value is -0.900. The first-order valence-electron chi connectivity index (χ1n) is 6.44. The van der Waals surface area contributed by atoms with Crippen LogP contribution < -0.4 is 4.72 Å². The molecule has 1 rings (SSSR count). The van der Waals surface area contributed by atoms with Crippen LogP contribution in [0.1, 0.15) is 20.3 Å². The Kier molecular flexibility index (Phi) is 5.75. The predicted octanol–water partition coefficient (Wildman–Crippen LogP) is -0.637. The molecule has 1 fully saturated rings. The average Bonchev–Trinajstić information content (AvgIpc) is 2.56. The van der Waals surface area contributed by atoms with Crippen LogP contribution in [0.15, 0.2) is 0 Å². The standard InChI is InChI=1S/C11H23N3O5S/c1-8(2)19-11(16)12-20(17,18)14-7-10(15)5-9(14)6-13(3)4/h8-10,15H,5-7H2,1-4H3,(H,12,16). The van der Waals surface area contributed by atoms with Gasteiger partial charge in [-0.25, -0.2) is 9.52 Å². The molecule has 9 heteroatoms. The Balaban J connectivity index is 2.76. The van der Waals surface area contributed by atoms with Crippen molar-refractivity contribution in [2.45, 2.75) is 38.5 Å². The molecule has 2 unspecified atom stereocenters. The molecule has 20 heavy (non-hydrogen) atoms. The number of aliphatic hydroxyl groups excluding tert-OH is 1. The van der Waals surface area contributed by atoms with Crippen LogP contribution in [0.4, 0.5) is 4.79 Å². The SMILES string of the molecule is CC(C)OC(=O)NS(=O)(=O)N1CC(O)CC1CN(C)C. The van der Waals surface area contributed by atoms with Crippen LogP contribution in [0.5, 0.6) is 0 Å². The van der Waals surface area contributed by atoms with Crippen molar-refractivity contribution >= 4 is 16.3 Å². The van der Waals surface area contributed by atoms with Crippen LogP contribution in [0, 0.1) is 0 Å². The molecule has 0 radical (unpaired) electrons. The van der Waals surface area contributed by atoms with Gasteiger partial charge in [-0.1, -0.05) is 0 Å². The van der Waals surface area contributed by atoms with Gasteiger partial charge in [0.15, 0.2) is 0 Å². The Morgan fingerprint density at radius 2 is 2.10 bits per heavy atom. The lowest BCUT2D eigenvalue weighted by Crippen LogP contribution is -2.48. The van der Waals surface area contributed by atoms with Crippen LogP contribution >= 0.6 is 0 Å². The summed E-state index contributed by atoms with van der Waals surface area (Å²) in [5.74, 6) is 0. The molecule has 8 nitrogen and oxygen atoms in total. The zero-order valence-corrected chi connectivity index (χ0v) is 13.1. The van der Waals surface area contributed by atoms with Gasteiger partial charge in [0.2, 0.25) is 0 Å². The Morgan fingerprint density at radius 1 is 1.50 bits per heavy atom. The van der Waals surface area contributed by atoms with E-state index in [0.29, 0.717) is 13.0 Å². The van der Waals surface area contributed by atoms with E-state index in [-0.39, 0.29) is 12.6 Å². The van der Waals surface area contributed by atoms with Crippen LogP contribution in [0.2, 0.25) is 0 Å². The van der Waals surface area contributed by atoms with Crippen molar-refractivity contribution in [1.29, 1.82) is 0 Å². The highest BCUT2D eigenvalue weighted by molar-refractivity contribution is 7.87. The van der Waals surface area contributed by atoms with Gasteiger partial charge in [-0.3, -0.25) is 0 Å². The molecule has 1 aliphatic heterocycles. The van der Waals surface area contributed by atoms with E-state index < -0.39 is 28.5 Å². The van der Waals surface area contributed by atoms with Gasteiger partial charge in [-0.15, -0.1) is 0 Å². The average molecular weight is 309 g/mol. The molecule has 0 aromatic heterocycles. The van der Waals surface area contributed by atoms with Crippen molar-refractivity contribution in [2.75, 3.05) is 27.2 Å². The van der Waals surface area contributed by atoms with Gasteiger partial charge < -0.3 is 14.7 Å². The molecule has 0 saturated carbocycles. The normalized spacial score (nSPS) is 24.4. The first-order valence-corrected chi connectivity index (χ1v) is 7.89. The number of amides is 1. The fourth-order valence-electron chi connectivity index (χ4n) is 2.15. The summed E-state index contributed by atoms with van der Waals surface area (Å²) >= 11 is 0. The summed E-state index contributed by atoms with van der Waals surface area (Å²) in [5.41, 5.74) is 0. The molecule has 0 aromatic rings. The zero-order valence-electron chi connectivity index (χ0n) is 12.2. The number of nitrogens with zero attached hydrogens (tertiary/aromatic N) is 2. The number of ether oxygens (including phenoxy) is 1. The summed E-state index contributed by atoms with van der Waals surface area (Å²) in [6, 6.07) is -0.371. The maximum atomic E-state index is 12.1. The second-order valence-electron chi connectivity index (χ2n) is 5.44. The molecule has 1 heterocycles. The molecule has 2 atom stereocenters. The third kappa shape index (κ3) is 4.89. The van der Waals surface area contributed by atoms with E-state index in [4.69, 9.17) is 4.74 Å². The van der Waals surface area contributed by atoms with E-state index >= 15 is 0 Å². The molecule has 0 spiro atoms. The number of carbonyl (C=O) groups excluding carboxylic acids is 1. The van der Waals surface area contributed by atoms with Gasteiger partial charge in [0.25, 0.3) is 0 Å². The highest BCUT2D eigenvalue weighted by Crippen LogP contribution is 2.21. The number of carbonyl (C=O) groups is 1. The Labute approximate surface area is 119 Å². The van der Waals surface area contributed by atoms with Crippen molar-refractivity contribution in [3.05, 3.63) is 0 Å². The highest BCUT2D eigenvalue weighted by atomic mass is 32.2. The summed E-state index contributed by atoms with van der Waals surface area (Å²) in [6.45, 7) is 3.70. The maximum absolute atomic E-state index is 12.1. The van der Waals surface area contributed by atoms with Gasteiger partial charge in [0.05, 0.1) is 12.2 Å². The third-order valence-corrected chi connectivity index (χ3v) is 4.27. The second-order valence-corrected chi connectivity index (χ2v) is 7.06. The molecule has 0 bridgehead atoms. The molecule has 0 aliphatic carbocycles. The lowest BCUT2D eigenvalue weighted by Gasteiger charge is -2.25. The monoisotopic (exact) mass is 309 g/mol. The van der Waals surface area contributed by atoms with Gasteiger partial charge in [-0.05, 0) is 34.4 Å². The summed E-state index contributed by atoms with van der Waals surface area (Å²) in [6.07, 6.45) is -1.80. The number of hydrogen-bond donors (Lipinski definition) is 2. The number of hydrogen-bond acceptors (Lipinski definition) is 6. The minimum absolute atomic E-state index is 0.0250. The number of β-amino-alcohol motifs (C(OH)–C–C–N with tert-alkyl or cyclic N) is 1. The molecule has 2 N–H and O–H groups in total. The first-order chi connectivity index (χ1) is 9.11. The molecule has 0 aromatic carbocycles. The predicted molar refractivity (Wildman–Crippen MR) is 73.3 cm³/mol.